The Morgan fingerprint density at radius 2 is 1.77 bits per heavy atom. The van der Waals surface area contributed by atoms with Crippen molar-refractivity contribution in [2.24, 2.45) is 0 Å². The molecule has 1 N–H and O–H groups in total. The van der Waals surface area contributed by atoms with Crippen molar-refractivity contribution in [3.8, 4) is 5.75 Å². The van der Waals surface area contributed by atoms with Gasteiger partial charge in [0.15, 0.2) is 0 Å². The molecule has 0 saturated carbocycles. The molecule has 0 spiro atoms. The van der Waals surface area contributed by atoms with Crippen LogP contribution in [0.25, 0.3) is 0 Å². The summed E-state index contributed by atoms with van der Waals surface area (Å²) in [4.78, 5) is 11.8. The third kappa shape index (κ3) is 5.82. The quantitative estimate of drug-likeness (QED) is 0.812. The lowest BCUT2D eigenvalue weighted by Crippen LogP contribution is -2.27. The maximum Gasteiger partial charge on any atom is 0.230 e. The molecular formula is C18H21NO2S. The first kappa shape index (κ1) is 16.4. The van der Waals surface area contributed by atoms with Crippen LogP contribution in [-0.4, -0.2) is 25.3 Å². The molecule has 116 valence electrons. The van der Waals surface area contributed by atoms with Gasteiger partial charge in [-0.2, -0.15) is 0 Å². The van der Waals surface area contributed by atoms with Crippen LogP contribution in [-0.2, 0) is 17.0 Å². The lowest BCUT2D eigenvalue weighted by molar-refractivity contribution is -0.118. The van der Waals surface area contributed by atoms with E-state index in [0.29, 0.717) is 12.3 Å². The van der Waals surface area contributed by atoms with Gasteiger partial charge in [-0.1, -0.05) is 42.5 Å². The number of hydrogen-bond donors (Lipinski definition) is 1. The molecule has 0 aromatic heterocycles. The Morgan fingerprint density at radius 3 is 2.45 bits per heavy atom. The zero-order chi connectivity index (χ0) is 15.6. The summed E-state index contributed by atoms with van der Waals surface area (Å²) in [7, 11) is 1.66. The SMILES string of the molecule is COc1ccc(CSCC(=O)NCCc2ccccc2)cc1. The highest BCUT2D eigenvalue weighted by molar-refractivity contribution is 7.99. The summed E-state index contributed by atoms with van der Waals surface area (Å²) in [5.74, 6) is 2.26. The fourth-order valence-electron chi connectivity index (χ4n) is 2.03. The molecule has 0 bridgehead atoms. The van der Waals surface area contributed by atoms with Crippen LogP contribution in [0.4, 0.5) is 0 Å². The maximum absolute atomic E-state index is 11.8. The third-order valence-corrected chi connectivity index (χ3v) is 4.24. The highest BCUT2D eigenvalue weighted by Gasteiger charge is 2.02. The zero-order valence-corrected chi connectivity index (χ0v) is 13.6. The summed E-state index contributed by atoms with van der Waals surface area (Å²) < 4.78 is 5.12. The van der Waals surface area contributed by atoms with E-state index >= 15 is 0 Å². The van der Waals surface area contributed by atoms with Gasteiger partial charge in [-0.15, -0.1) is 11.8 Å². The monoisotopic (exact) mass is 315 g/mol. The number of thioether (sulfide) groups is 1. The molecule has 0 aliphatic heterocycles. The van der Waals surface area contributed by atoms with Gasteiger partial charge in [0.25, 0.3) is 0 Å². The Kier molecular flexibility index (Phi) is 6.84. The van der Waals surface area contributed by atoms with Crippen LogP contribution in [0.15, 0.2) is 54.6 Å². The molecule has 3 nitrogen and oxygen atoms in total. The highest BCUT2D eigenvalue weighted by atomic mass is 32.2. The van der Waals surface area contributed by atoms with Crippen molar-refractivity contribution >= 4 is 17.7 Å². The molecule has 0 radical (unpaired) electrons. The van der Waals surface area contributed by atoms with Crippen molar-refractivity contribution in [2.75, 3.05) is 19.4 Å². The molecule has 0 atom stereocenters. The van der Waals surface area contributed by atoms with E-state index in [1.807, 2.05) is 42.5 Å². The predicted octanol–water partition coefficient (Wildman–Crippen LogP) is 3.29. The van der Waals surface area contributed by atoms with Crippen LogP contribution < -0.4 is 10.1 Å². The first-order chi connectivity index (χ1) is 10.8. The van der Waals surface area contributed by atoms with Gasteiger partial charge in [0.2, 0.25) is 5.91 Å². The normalized spacial score (nSPS) is 10.2. The number of hydrogen-bond acceptors (Lipinski definition) is 3. The van der Waals surface area contributed by atoms with Gasteiger partial charge in [-0.25, -0.2) is 0 Å². The zero-order valence-electron chi connectivity index (χ0n) is 12.7. The molecule has 0 aliphatic carbocycles. The molecule has 2 aromatic carbocycles. The van der Waals surface area contributed by atoms with Gasteiger partial charge < -0.3 is 10.1 Å². The summed E-state index contributed by atoms with van der Waals surface area (Å²) in [6, 6.07) is 18.1. The number of carbonyl (C=O) groups excluding carboxylic acids is 1. The molecule has 0 heterocycles. The number of nitrogens with one attached hydrogen (secondary N) is 1. The van der Waals surface area contributed by atoms with Gasteiger partial charge in [0.05, 0.1) is 12.9 Å². The Labute approximate surface area is 136 Å². The fraction of sp³-hybridized carbons (Fsp3) is 0.278. The standard InChI is InChI=1S/C18H21NO2S/c1-21-17-9-7-16(8-10-17)13-22-14-18(20)19-12-11-15-5-3-2-4-6-15/h2-10H,11-14H2,1H3,(H,19,20). The second-order valence-corrected chi connectivity index (χ2v) is 5.91. The van der Waals surface area contributed by atoms with E-state index in [1.165, 1.54) is 11.1 Å². The van der Waals surface area contributed by atoms with Gasteiger partial charge in [-0.3, -0.25) is 4.79 Å². The molecule has 2 aromatic rings. The summed E-state index contributed by atoms with van der Waals surface area (Å²) in [6.45, 7) is 0.686. The Morgan fingerprint density at radius 1 is 1.05 bits per heavy atom. The predicted molar refractivity (Wildman–Crippen MR) is 92.3 cm³/mol. The maximum atomic E-state index is 11.8. The van der Waals surface area contributed by atoms with Crippen LogP contribution in [0.5, 0.6) is 5.75 Å². The van der Waals surface area contributed by atoms with E-state index in [4.69, 9.17) is 4.74 Å². The lowest BCUT2D eigenvalue weighted by Gasteiger charge is -2.06. The molecule has 0 unspecified atom stereocenters. The van der Waals surface area contributed by atoms with Gasteiger partial charge in [0, 0.05) is 12.3 Å². The minimum Gasteiger partial charge on any atom is -0.497 e. The van der Waals surface area contributed by atoms with Crippen molar-refractivity contribution in [2.45, 2.75) is 12.2 Å². The van der Waals surface area contributed by atoms with E-state index in [9.17, 15) is 4.79 Å². The Bertz CT molecular complexity index is 569. The van der Waals surface area contributed by atoms with Crippen LogP contribution in [0.1, 0.15) is 11.1 Å². The first-order valence-corrected chi connectivity index (χ1v) is 8.44. The first-order valence-electron chi connectivity index (χ1n) is 7.29. The second kappa shape index (κ2) is 9.15. The van der Waals surface area contributed by atoms with Crippen LogP contribution in [0, 0.1) is 0 Å². The number of benzene rings is 2. The van der Waals surface area contributed by atoms with Crippen molar-refractivity contribution in [1.29, 1.82) is 0 Å². The highest BCUT2D eigenvalue weighted by Crippen LogP contribution is 2.16. The van der Waals surface area contributed by atoms with Gasteiger partial charge in [0.1, 0.15) is 5.75 Å². The fourth-order valence-corrected chi connectivity index (χ4v) is 2.84. The molecule has 22 heavy (non-hydrogen) atoms. The number of rotatable bonds is 8. The van der Waals surface area contributed by atoms with E-state index in [0.717, 1.165) is 17.9 Å². The van der Waals surface area contributed by atoms with E-state index in [2.05, 4.69) is 17.4 Å². The third-order valence-electron chi connectivity index (χ3n) is 3.24. The Balaban J connectivity index is 1.61. The average molecular weight is 315 g/mol. The smallest absolute Gasteiger partial charge is 0.230 e. The van der Waals surface area contributed by atoms with E-state index < -0.39 is 0 Å². The second-order valence-electron chi connectivity index (χ2n) is 4.93. The molecule has 2 rings (SSSR count). The van der Waals surface area contributed by atoms with Crippen LogP contribution in [0.3, 0.4) is 0 Å². The van der Waals surface area contributed by atoms with E-state index in [1.54, 1.807) is 18.9 Å². The Hall–Kier alpha value is -1.94. The van der Waals surface area contributed by atoms with Gasteiger partial charge >= 0.3 is 0 Å². The molecular weight excluding hydrogens is 294 g/mol. The van der Waals surface area contributed by atoms with Crippen molar-refractivity contribution in [1.82, 2.24) is 5.32 Å². The minimum absolute atomic E-state index is 0.0921. The summed E-state index contributed by atoms with van der Waals surface area (Å²) >= 11 is 1.62. The number of carbonyl (C=O) groups is 1. The summed E-state index contributed by atoms with van der Waals surface area (Å²) in [5, 5.41) is 2.96. The number of amides is 1. The molecule has 0 fully saturated rings. The van der Waals surface area contributed by atoms with Crippen molar-refractivity contribution in [3.05, 3.63) is 65.7 Å². The number of ether oxygens (including phenoxy) is 1. The number of methoxy groups -OCH3 is 1. The topological polar surface area (TPSA) is 38.3 Å². The van der Waals surface area contributed by atoms with Gasteiger partial charge in [-0.05, 0) is 29.7 Å². The summed E-state index contributed by atoms with van der Waals surface area (Å²) in [6.07, 6.45) is 0.871. The average Bonchev–Trinajstić information content (AvgIpc) is 2.56. The minimum atomic E-state index is 0.0921. The van der Waals surface area contributed by atoms with Crippen molar-refractivity contribution < 1.29 is 9.53 Å². The molecule has 1 amide bonds. The lowest BCUT2D eigenvalue weighted by atomic mass is 10.1. The van der Waals surface area contributed by atoms with E-state index in [-0.39, 0.29) is 5.91 Å². The van der Waals surface area contributed by atoms with Crippen molar-refractivity contribution in [3.63, 3.8) is 0 Å². The van der Waals surface area contributed by atoms with Crippen LogP contribution in [0.2, 0.25) is 0 Å². The molecule has 4 heteroatoms. The summed E-state index contributed by atoms with van der Waals surface area (Å²) in [5.41, 5.74) is 2.44. The van der Waals surface area contributed by atoms with Crippen LogP contribution >= 0.6 is 11.8 Å². The molecule has 0 aliphatic rings. The molecule has 0 saturated heterocycles. The largest absolute Gasteiger partial charge is 0.497 e.